The Labute approximate surface area is 164 Å². The molecule has 27 heavy (non-hydrogen) atoms. The van der Waals surface area contributed by atoms with Crippen molar-refractivity contribution in [2.75, 3.05) is 19.4 Å². The molecule has 0 saturated carbocycles. The fourth-order valence-corrected chi connectivity index (χ4v) is 3.20. The molecule has 1 fully saturated rings. The number of nitrogens with zero attached hydrogens (tertiary/aromatic N) is 3. The van der Waals surface area contributed by atoms with E-state index in [1.54, 1.807) is 36.1 Å². The summed E-state index contributed by atoms with van der Waals surface area (Å²) < 4.78 is 20.1. The van der Waals surface area contributed by atoms with Gasteiger partial charge in [0.15, 0.2) is 0 Å². The molecule has 6 nitrogen and oxygen atoms in total. The molecule has 0 spiro atoms. The molecule has 1 aromatic carbocycles. The van der Waals surface area contributed by atoms with Crippen LogP contribution in [0.25, 0.3) is 6.08 Å². The second-order valence-electron chi connectivity index (χ2n) is 6.41. The molecule has 0 unspecified atom stereocenters. The summed E-state index contributed by atoms with van der Waals surface area (Å²) in [4.78, 5) is 14.5. The first-order valence-electron chi connectivity index (χ1n) is 8.58. The zero-order chi connectivity index (χ0) is 18.5. The van der Waals surface area contributed by atoms with Gasteiger partial charge in [0.25, 0.3) is 0 Å². The molecule has 0 bridgehead atoms. The standard InChI is InChI=1S/C19H23FN4O2.ClH/c1-26-17-11-16(12-23-10-9-18(21)22-23)24(13-17)19(25)4-2-3-14-5-7-15(20)8-6-14;/h2-3,5-10,16-17H,4,11-13H2,1H3,(H2,21,22);1H/b3-2+;/t16-,17-;/m0./s1. The van der Waals surface area contributed by atoms with Crippen LogP contribution >= 0.6 is 12.4 Å². The van der Waals surface area contributed by atoms with Gasteiger partial charge in [-0.15, -0.1) is 12.4 Å². The number of carbonyl (C=O) groups excluding carboxylic acids is 1. The quantitative estimate of drug-likeness (QED) is 0.817. The second-order valence-corrected chi connectivity index (χ2v) is 6.41. The van der Waals surface area contributed by atoms with E-state index in [1.165, 1.54) is 12.1 Å². The van der Waals surface area contributed by atoms with Crippen LogP contribution in [0.3, 0.4) is 0 Å². The molecule has 8 heteroatoms. The topological polar surface area (TPSA) is 73.4 Å². The summed E-state index contributed by atoms with van der Waals surface area (Å²) in [6.45, 7) is 1.16. The number of benzene rings is 1. The molecule has 2 heterocycles. The number of halogens is 2. The van der Waals surface area contributed by atoms with Gasteiger partial charge in [-0.25, -0.2) is 4.39 Å². The first kappa shape index (κ1) is 20.9. The Hall–Kier alpha value is -2.38. The smallest absolute Gasteiger partial charge is 0.226 e. The number of anilines is 1. The SMILES string of the molecule is CO[C@H]1C[C@@H](Cn2ccc(N)n2)N(C(=O)C/C=C/c2ccc(F)cc2)C1.Cl. The normalized spacial score (nSPS) is 19.4. The van der Waals surface area contributed by atoms with E-state index < -0.39 is 0 Å². The van der Waals surface area contributed by atoms with E-state index in [0.29, 0.717) is 18.9 Å². The van der Waals surface area contributed by atoms with Crippen LogP contribution in [-0.2, 0) is 16.1 Å². The Morgan fingerprint density at radius 2 is 2.11 bits per heavy atom. The van der Waals surface area contributed by atoms with Crippen molar-refractivity contribution < 1.29 is 13.9 Å². The molecular formula is C19H24ClFN4O2. The van der Waals surface area contributed by atoms with E-state index in [2.05, 4.69) is 5.10 Å². The summed E-state index contributed by atoms with van der Waals surface area (Å²) in [5.41, 5.74) is 6.52. The number of rotatable bonds is 6. The van der Waals surface area contributed by atoms with Gasteiger partial charge >= 0.3 is 0 Å². The zero-order valence-electron chi connectivity index (χ0n) is 15.1. The van der Waals surface area contributed by atoms with Crippen LogP contribution in [0, 0.1) is 5.82 Å². The molecule has 1 aromatic heterocycles. The fourth-order valence-electron chi connectivity index (χ4n) is 3.20. The van der Waals surface area contributed by atoms with E-state index in [9.17, 15) is 9.18 Å². The lowest BCUT2D eigenvalue weighted by atomic mass is 10.2. The molecular weight excluding hydrogens is 371 g/mol. The average molecular weight is 395 g/mol. The third-order valence-corrected chi connectivity index (χ3v) is 4.56. The lowest BCUT2D eigenvalue weighted by molar-refractivity contribution is -0.131. The van der Waals surface area contributed by atoms with Crippen molar-refractivity contribution in [3.05, 3.63) is 54.0 Å². The van der Waals surface area contributed by atoms with Gasteiger partial charge in [-0.1, -0.05) is 24.3 Å². The number of hydrogen-bond donors (Lipinski definition) is 1. The third-order valence-electron chi connectivity index (χ3n) is 4.56. The van der Waals surface area contributed by atoms with Crippen LogP contribution in [-0.4, -0.2) is 46.4 Å². The molecule has 1 aliphatic rings. The Morgan fingerprint density at radius 1 is 1.37 bits per heavy atom. The number of aromatic nitrogens is 2. The highest BCUT2D eigenvalue weighted by atomic mass is 35.5. The number of hydrogen-bond acceptors (Lipinski definition) is 4. The van der Waals surface area contributed by atoms with E-state index in [-0.39, 0.29) is 42.7 Å². The first-order valence-corrected chi connectivity index (χ1v) is 8.58. The van der Waals surface area contributed by atoms with E-state index in [4.69, 9.17) is 10.5 Å². The molecule has 2 aromatic rings. The molecule has 1 amide bonds. The predicted molar refractivity (Wildman–Crippen MR) is 105 cm³/mol. The summed E-state index contributed by atoms with van der Waals surface area (Å²) in [6.07, 6.45) is 6.52. The Morgan fingerprint density at radius 3 is 2.74 bits per heavy atom. The van der Waals surface area contributed by atoms with Crippen molar-refractivity contribution in [3.8, 4) is 0 Å². The molecule has 0 aliphatic carbocycles. The van der Waals surface area contributed by atoms with Gasteiger partial charge in [0.05, 0.1) is 18.7 Å². The summed E-state index contributed by atoms with van der Waals surface area (Å²) in [5, 5.41) is 4.20. The molecule has 146 valence electrons. The van der Waals surface area contributed by atoms with Gasteiger partial charge in [0.2, 0.25) is 5.91 Å². The monoisotopic (exact) mass is 394 g/mol. The number of likely N-dealkylation sites (tertiary alicyclic amines) is 1. The highest BCUT2D eigenvalue weighted by molar-refractivity contribution is 5.85. The van der Waals surface area contributed by atoms with E-state index >= 15 is 0 Å². The van der Waals surface area contributed by atoms with Gasteiger partial charge in [-0.2, -0.15) is 5.10 Å². The van der Waals surface area contributed by atoms with Crippen molar-refractivity contribution in [2.24, 2.45) is 0 Å². The highest BCUT2D eigenvalue weighted by Gasteiger charge is 2.35. The van der Waals surface area contributed by atoms with Crippen LogP contribution in [0.15, 0.2) is 42.6 Å². The van der Waals surface area contributed by atoms with Crippen molar-refractivity contribution in [2.45, 2.75) is 31.5 Å². The van der Waals surface area contributed by atoms with Gasteiger partial charge < -0.3 is 15.4 Å². The van der Waals surface area contributed by atoms with E-state index in [0.717, 1.165) is 12.0 Å². The minimum absolute atomic E-state index is 0. The maximum atomic E-state index is 12.9. The van der Waals surface area contributed by atoms with Crippen LogP contribution in [0.2, 0.25) is 0 Å². The second kappa shape index (κ2) is 9.53. The molecule has 1 aliphatic heterocycles. The van der Waals surface area contributed by atoms with Crippen molar-refractivity contribution in [1.29, 1.82) is 0 Å². The summed E-state index contributed by atoms with van der Waals surface area (Å²) >= 11 is 0. The largest absolute Gasteiger partial charge is 0.382 e. The molecule has 2 N–H and O–H groups in total. The zero-order valence-corrected chi connectivity index (χ0v) is 15.9. The summed E-state index contributed by atoms with van der Waals surface area (Å²) in [7, 11) is 1.66. The Bertz CT molecular complexity index is 778. The van der Waals surface area contributed by atoms with Crippen LogP contribution in [0.1, 0.15) is 18.4 Å². The number of carbonyl (C=O) groups is 1. The van der Waals surface area contributed by atoms with Gasteiger partial charge in [-0.05, 0) is 30.2 Å². The van der Waals surface area contributed by atoms with Crippen molar-refractivity contribution >= 4 is 30.2 Å². The Kier molecular flexibility index (Phi) is 7.38. The number of nitrogens with two attached hydrogens (primary N) is 1. The molecule has 3 rings (SSSR count). The lowest BCUT2D eigenvalue weighted by Crippen LogP contribution is -2.38. The molecule has 1 saturated heterocycles. The fraction of sp³-hybridized carbons (Fsp3) is 0.368. The number of methoxy groups -OCH3 is 1. The van der Waals surface area contributed by atoms with E-state index in [1.807, 2.05) is 17.2 Å². The molecule has 2 atom stereocenters. The number of nitrogen functional groups attached to an aromatic ring is 1. The first-order chi connectivity index (χ1) is 12.5. The maximum Gasteiger partial charge on any atom is 0.226 e. The van der Waals surface area contributed by atoms with Crippen LogP contribution in [0.5, 0.6) is 0 Å². The predicted octanol–water partition coefficient (Wildman–Crippen LogP) is 2.75. The summed E-state index contributed by atoms with van der Waals surface area (Å²) in [5.74, 6) is 0.224. The maximum absolute atomic E-state index is 12.9. The minimum atomic E-state index is -0.275. The third kappa shape index (κ3) is 5.55. The average Bonchev–Trinajstić information content (AvgIpc) is 3.23. The van der Waals surface area contributed by atoms with Gasteiger partial charge in [0.1, 0.15) is 11.6 Å². The van der Waals surface area contributed by atoms with Gasteiger partial charge in [-0.3, -0.25) is 9.48 Å². The van der Waals surface area contributed by atoms with Crippen LogP contribution < -0.4 is 5.73 Å². The molecule has 0 radical (unpaired) electrons. The van der Waals surface area contributed by atoms with Gasteiger partial charge in [0, 0.05) is 26.3 Å². The summed E-state index contributed by atoms with van der Waals surface area (Å²) in [6, 6.07) is 7.91. The van der Waals surface area contributed by atoms with Crippen molar-refractivity contribution in [1.82, 2.24) is 14.7 Å². The number of ether oxygens (including phenoxy) is 1. The minimum Gasteiger partial charge on any atom is -0.382 e. The number of amides is 1. The lowest BCUT2D eigenvalue weighted by Gasteiger charge is -2.24. The highest BCUT2D eigenvalue weighted by Crippen LogP contribution is 2.22. The van der Waals surface area contributed by atoms with Crippen LogP contribution in [0.4, 0.5) is 10.2 Å². The van der Waals surface area contributed by atoms with Crippen molar-refractivity contribution in [3.63, 3.8) is 0 Å². The Balaban J connectivity index is 0.00000261.